The molecule has 18 heteroatoms. The van der Waals surface area contributed by atoms with E-state index < -0.39 is 58.7 Å². The van der Waals surface area contributed by atoms with Crippen LogP contribution < -0.4 is 20.7 Å². The number of ether oxygens (including phenoxy) is 1. The van der Waals surface area contributed by atoms with E-state index in [0.717, 1.165) is 81.6 Å². The molecule has 0 spiro atoms. The number of carbonyl (C=O) groups is 5. The number of amides is 5. The second kappa shape index (κ2) is 17.7. The monoisotopic (exact) mass is 873 g/mol. The maximum absolute atomic E-state index is 13.4. The number of hydrogen-bond acceptors (Lipinski definition) is 12. The molecule has 1 aliphatic carbocycles. The molecule has 4 N–H and O–H groups in total. The Morgan fingerprint density at radius 1 is 0.921 bits per heavy atom. The number of anilines is 2. The van der Waals surface area contributed by atoms with Gasteiger partial charge < -0.3 is 29.8 Å². The molecule has 2 aromatic carbocycles. The van der Waals surface area contributed by atoms with E-state index in [0.29, 0.717) is 41.1 Å². The molecular weight excluding hydrogens is 824 g/mol. The highest BCUT2D eigenvalue weighted by molar-refractivity contribution is 6.25. The van der Waals surface area contributed by atoms with Crippen LogP contribution in [-0.4, -0.2) is 98.8 Å². The van der Waals surface area contributed by atoms with E-state index in [9.17, 15) is 42.3 Å². The Bertz CT molecular complexity index is 2420. The topological polar surface area (TPSA) is 196 Å². The third-order valence-corrected chi connectivity index (χ3v) is 12.4. The number of nitrogens with one attached hydrogen (secondary N) is 3. The highest BCUT2D eigenvalue weighted by atomic mass is 19.4. The SMILES string of the molecule is CC(C)(O)COc1cc2nc([C@H]3CC[C@H](CN4CCC(CCNc5cccc6c5C(=O)N(C5CCC(=O)NC5=O)C6=O)CC4)CC3)oc2cc1NC(=O)c1cccc(C(F)(F)F)n1. The van der Waals surface area contributed by atoms with Crippen molar-refractivity contribution in [3.05, 3.63) is 76.9 Å². The van der Waals surface area contributed by atoms with E-state index in [1.54, 1.807) is 38.1 Å². The van der Waals surface area contributed by atoms with Crippen molar-refractivity contribution in [2.75, 3.05) is 43.4 Å². The van der Waals surface area contributed by atoms with Crippen molar-refractivity contribution in [3.8, 4) is 5.75 Å². The number of nitrogens with zero attached hydrogens (tertiary/aromatic N) is 4. The Kier molecular flexibility index (Phi) is 12.3. The van der Waals surface area contributed by atoms with Crippen LogP contribution in [0.25, 0.3) is 11.1 Å². The van der Waals surface area contributed by atoms with Gasteiger partial charge >= 0.3 is 6.18 Å². The van der Waals surface area contributed by atoms with Gasteiger partial charge in [0, 0.05) is 43.2 Å². The van der Waals surface area contributed by atoms with Crippen LogP contribution in [0.1, 0.15) is 120 Å². The molecule has 3 aliphatic heterocycles. The number of likely N-dealkylation sites (tertiary alicyclic amines) is 1. The maximum Gasteiger partial charge on any atom is 0.433 e. The lowest BCUT2D eigenvalue weighted by molar-refractivity contribution is -0.141. The Hall–Kier alpha value is -5.88. The van der Waals surface area contributed by atoms with Gasteiger partial charge in [-0.05, 0) is 114 Å². The van der Waals surface area contributed by atoms with Crippen LogP contribution in [0, 0.1) is 11.8 Å². The second-order valence-electron chi connectivity index (χ2n) is 17.7. The van der Waals surface area contributed by atoms with Gasteiger partial charge in [-0.1, -0.05) is 12.1 Å². The first-order valence-electron chi connectivity index (χ1n) is 21.5. The number of alkyl halides is 3. The van der Waals surface area contributed by atoms with Crippen molar-refractivity contribution in [2.24, 2.45) is 11.8 Å². The minimum absolute atomic E-state index is 0.0650. The van der Waals surface area contributed by atoms with Crippen LogP contribution >= 0.6 is 0 Å². The van der Waals surface area contributed by atoms with Gasteiger partial charge in [0.15, 0.2) is 11.5 Å². The van der Waals surface area contributed by atoms with Crippen molar-refractivity contribution in [1.82, 2.24) is 25.1 Å². The summed E-state index contributed by atoms with van der Waals surface area (Å²) in [6, 6.07) is 10.3. The summed E-state index contributed by atoms with van der Waals surface area (Å²) in [5, 5.41) is 18.5. The lowest BCUT2D eigenvalue weighted by Gasteiger charge is -2.36. The van der Waals surface area contributed by atoms with Crippen LogP contribution in [-0.2, 0) is 15.8 Å². The molecule has 2 aromatic heterocycles. The van der Waals surface area contributed by atoms with Crippen molar-refractivity contribution in [2.45, 2.75) is 95.4 Å². The van der Waals surface area contributed by atoms with Gasteiger partial charge in [-0.3, -0.25) is 34.2 Å². The second-order valence-corrected chi connectivity index (χ2v) is 17.7. The molecule has 1 atom stereocenters. The van der Waals surface area contributed by atoms with Gasteiger partial charge in [-0.15, -0.1) is 0 Å². The van der Waals surface area contributed by atoms with Crippen LogP contribution in [0.2, 0.25) is 0 Å². The van der Waals surface area contributed by atoms with Gasteiger partial charge in [0.2, 0.25) is 11.8 Å². The zero-order valence-electron chi connectivity index (χ0n) is 35.1. The first kappa shape index (κ1) is 43.8. The van der Waals surface area contributed by atoms with E-state index in [2.05, 4.69) is 25.8 Å². The lowest BCUT2D eigenvalue weighted by Crippen LogP contribution is -2.54. The highest BCUT2D eigenvalue weighted by Gasteiger charge is 2.45. The summed E-state index contributed by atoms with van der Waals surface area (Å²) in [6.45, 7) is 6.60. The van der Waals surface area contributed by atoms with Crippen LogP contribution in [0.3, 0.4) is 0 Å². The lowest BCUT2D eigenvalue weighted by atomic mass is 9.81. The van der Waals surface area contributed by atoms with E-state index in [1.807, 2.05) is 0 Å². The van der Waals surface area contributed by atoms with Crippen molar-refractivity contribution < 1.29 is 51.4 Å². The Balaban J connectivity index is 0.818. The molecule has 1 saturated carbocycles. The third kappa shape index (κ3) is 9.86. The number of halogens is 3. The van der Waals surface area contributed by atoms with Crippen molar-refractivity contribution in [1.29, 1.82) is 0 Å². The van der Waals surface area contributed by atoms with Crippen molar-refractivity contribution >= 4 is 52.0 Å². The minimum Gasteiger partial charge on any atom is -0.488 e. The number of piperidine rings is 2. The van der Waals surface area contributed by atoms with Crippen molar-refractivity contribution in [3.63, 3.8) is 0 Å². The first-order valence-corrected chi connectivity index (χ1v) is 21.5. The Morgan fingerprint density at radius 2 is 1.67 bits per heavy atom. The number of benzene rings is 2. The summed E-state index contributed by atoms with van der Waals surface area (Å²) < 4.78 is 52.0. The van der Waals surface area contributed by atoms with Gasteiger partial charge in [0.1, 0.15) is 35.3 Å². The standard InChI is InChI=1S/C45H50F3N7O8/c1-44(2,61)24-62-34-21-32-35(22-31(34)51-39(57)30-7-4-8-36(50-30)45(46,47)48)63-41(52-32)27-11-9-26(10-12-27)23-54-19-16-25(17-20-54)15-18-49-29-6-3-5-28-38(29)43(60)55(42(28)59)33-13-14-37(56)53-40(33)58/h3-8,21-22,25-27,33,49,61H,9-20,23-24H2,1-2H3,(H,51,57)(H,53,56,58)/t26-,27-,33?. The first-order chi connectivity index (χ1) is 30.0. The van der Waals surface area contributed by atoms with E-state index in [4.69, 9.17) is 14.1 Å². The molecule has 15 nitrogen and oxygen atoms in total. The summed E-state index contributed by atoms with van der Waals surface area (Å²) in [5.74, 6) is -1.12. The van der Waals surface area contributed by atoms with Gasteiger partial charge in [-0.25, -0.2) is 9.97 Å². The zero-order chi connectivity index (χ0) is 44.6. The molecule has 2 saturated heterocycles. The number of pyridine rings is 1. The number of rotatable bonds is 13. The number of hydrogen-bond donors (Lipinski definition) is 4. The van der Waals surface area contributed by atoms with E-state index in [1.165, 1.54) is 12.1 Å². The number of fused-ring (bicyclic) bond motifs is 2. The van der Waals surface area contributed by atoms with E-state index in [-0.39, 0.29) is 47.9 Å². The third-order valence-electron chi connectivity index (χ3n) is 12.4. The average molecular weight is 874 g/mol. The van der Waals surface area contributed by atoms with Gasteiger partial charge in [0.25, 0.3) is 17.7 Å². The molecule has 5 heterocycles. The Labute approximate surface area is 361 Å². The number of aliphatic hydroxyl groups is 1. The zero-order valence-corrected chi connectivity index (χ0v) is 35.1. The number of oxazole rings is 1. The minimum atomic E-state index is -4.72. The molecule has 4 aliphatic rings. The Morgan fingerprint density at radius 3 is 2.38 bits per heavy atom. The molecule has 4 aromatic rings. The average Bonchev–Trinajstić information content (AvgIpc) is 3.77. The van der Waals surface area contributed by atoms with Crippen LogP contribution in [0.4, 0.5) is 24.5 Å². The molecule has 0 radical (unpaired) electrons. The molecule has 8 rings (SSSR count). The molecule has 5 amide bonds. The normalized spacial score (nSPS) is 21.4. The van der Waals surface area contributed by atoms with Gasteiger partial charge in [0.05, 0.1) is 22.4 Å². The molecule has 3 fully saturated rings. The predicted molar refractivity (Wildman–Crippen MR) is 223 cm³/mol. The molecular formula is C45H50F3N7O8. The van der Waals surface area contributed by atoms with Gasteiger partial charge in [-0.2, -0.15) is 13.2 Å². The number of carbonyl (C=O) groups excluding carboxylic acids is 5. The summed E-state index contributed by atoms with van der Waals surface area (Å²) in [5.41, 5.74) is -0.757. The summed E-state index contributed by atoms with van der Waals surface area (Å²) in [6.07, 6.45) is 2.22. The molecule has 334 valence electrons. The molecule has 1 unspecified atom stereocenters. The summed E-state index contributed by atoms with van der Waals surface area (Å²) in [4.78, 5) is 75.7. The summed E-state index contributed by atoms with van der Waals surface area (Å²) in [7, 11) is 0. The fourth-order valence-electron chi connectivity index (χ4n) is 9.01. The molecule has 0 bridgehead atoms. The largest absolute Gasteiger partial charge is 0.488 e. The summed E-state index contributed by atoms with van der Waals surface area (Å²) >= 11 is 0. The number of aromatic nitrogens is 2. The molecule has 63 heavy (non-hydrogen) atoms. The van der Waals surface area contributed by atoms with Crippen LogP contribution in [0.15, 0.2) is 52.9 Å². The fourth-order valence-corrected chi connectivity index (χ4v) is 9.01. The highest BCUT2D eigenvalue weighted by Crippen LogP contribution is 2.40. The maximum atomic E-state index is 13.4. The number of imide groups is 2. The van der Waals surface area contributed by atoms with E-state index >= 15 is 0 Å². The quantitative estimate of drug-likeness (QED) is 0.106. The fraction of sp³-hybridized carbons (Fsp3) is 0.489. The predicted octanol–water partition coefficient (Wildman–Crippen LogP) is 6.53. The van der Waals surface area contributed by atoms with Crippen LogP contribution in [0.5, 0.6) is 5.75 Å². The smallest absolute Gasteiger partial charge is 0.433 e.